The quantitative estimate of drug-likeness (QED) is 0.202. The van der Waals surface area contributed by atoms with Crippen LogP contribution in [-0.2, 0) is 11.3 Å². The van der Waals surface area contributed by atoms with E-state index in [1.165, 1.54) is 18.5 Å². The summed E-state index contributed by atoms with van der Waals surface area (Å²) in [5.74, 6) is -4.78. The van der Waals surface area contributed by atoms with Crippen LogP contribution in [0.25, 0.3) is 0 Å². The van der Waals surface area contributed by atoms with Crippen molar-refractivity contribution in [2.45, 2.75) is 31.6 Å². The fraction of sp³-hybridized carbons (Fsp3) is 0.192. The molecule has 3 amide bonds. The van der Waals surface area contributed by atoms with Crippen LogP contribution in [-0.4, -0.2) is 46.3 Å². The largest absolute Gasteiger partial charge is 0.471 e. The van der Waals surface area contributed by atoms with Gasteiger partial charge in [0, 0.05) is 18.0 Å². The van der Waals surface area contributed by atoms with Crippen LogP contribution in [0.4, 0.5) is 18.9 Å². The number of amides is 3. The van der Waals surface area contributed by atoms with Crippen LogP contribution in [0.5, 0.6) is 0 Å². The van der Waals surface area contributed by atoms with Crippen molar-refractivity contribution in [1.82, 2.24) is 15.3 Å². The Morgan fingerprint density at radius 1 is 1.07 bits per heavy atom. The van der Waals surface area contributed by atoms with Crippen LogP contribution < -0.4 is 27.6 Å². The molecule has 3 rings (SSSR count). The number of anilines is 1. The van der Waals surface area contributed by atoms with E-state index in [0.29, 0.717) is 16.7 Å². The van der Waals surface area contributed by atoms with Crippen LogP contribution >= 0.6 is 0 Å². The van der Waals surface area contributed by atoms with E-state index >= 15 is 0 Å². The van der Waals surface area contributed by atoms with Crippen molar-refractivity contribution in [1.29, 1.82) is 5.41 Å². The lowest BCUT2D eigenvalue weighted by Gasteiger charge is -2.17. The van der Waals surface area contributed by atoms with Crippen LogP contribution in [0.3, 0.4) is 0 Å². The minimum absolute atomic E-state index is 0.221. The Balaban J connectivity index is 1.78. The third-order valence-corrected chi connectivity index (χ3v) is 5.74. The van der Waals surface area contributed by atoms with Crippen molar-refractivity contribution < 1.29 is 27.6 Å². The van der Waals surface area contributed by atoms with E-state index in [4.69, 9.17) is 11.1 Å². The maximum Gasteiger partial charge on any atom is 0.471 e. The number of carbonyl (C=O) groups is 3. The molecule has 2 aromatic carbocycles. The molecule has 0 saturated heterocycles. The normalized spacial score (nSPS) is 12.9. The predicted molar refractivity (Wildman–Crippen MR) is 143 cm³/mol. The van der Waals surface area contributed by atoms with Gasteiger partial charge >= 0.3 is 17.8 Å². The van der Waals surface area contributed by atoms with Gasteiger partial charge in [-0.2, -0.15) is 13.2 Å². The molecule has 0 aliphatic carbocycles. The fourth-order valence-corrected chi connectivity index (χ4v) is 3.67. The van der Waals surface area contributed by atoms with Gasteiger partial charge in [0.2, 0.25) is 5.91 Å². The first kappa shape index (κ1) is 30.2. The van der Waals surface area contributed by atoms with Gasteiger partial charge in [-0.25, -0.2) is 4.79 Å². The SMILES string of the molecule is CC(NC(=O)c1[nH]c(=O)[nH]c(=O)c1NC(=O)C(F)(F)F)c1cccc(C(C=N)C=NCc2cccc(C(N)=O)c2)c1. The number of aromatic nitrogens is 2. The van der Waals surface area contributed by atoms with Crippen molar-refractivity contribution in [3.8, 4) is 0 Å². The zero-order valence-corrected chi connectivity index (χ0v) is 21.3. The van der Waals surface area contributed by atoms with Gasteiger partial charge in [0.05, 0.1) is 18.5 Å². The molecular formula is C26H24F3N7O5. The highest BCUT2D eigenvalue weighted by molar-refractivity contribution is 6.03. The average molecular weight is 572 g/mol. The Morgan fingerprint density at radius 2 is 1.76 bits per heavy atom. The molecule has 0 spiro atoms. The van der Waals surface area contributed by atoms with Crippen molar-refractivity contribution in [2.24, 2.45) is 10.7 Å². The van der Waals surface area contributed by atoms with Gasteiger partial charge in [0.15, 0.2) is 0 Å². The first-order valence-electron chi connectivity index (χ1n) is 11.8. The number of hydrogen-bond acceptors (Lipinski definition) is 7. The van der Waals surface area contributed by atoms with Gasteiger partial charge in [-0.3, -0.25) is 29.2 Å². The maximum absolute atomic E-state index is 12.8. The molecule has 41 heavy (non-hydrogen) atoms. The Bertz CT molecular complexity index is 1630. The Morgan fingerprint density at radius 3 is 2.41 bits per heavy atom. The summed E-state index contributed by atoms with van der Waals surface area (Å²) in [5, 5.41) is 11.6. The second kappa shape index (κ2) is 12.7. The van der Waals surface area contributed by atoms with Gasteiger partial charge in [0.1, 0.15) is 11.4 Å². The number of H-pyrrole nitrogens is 2. The second-order valence-electron chi connectivity index (χ2n) is 8.72. The number of nitrogens with one attached hydrogen (secondary N) is 5. The molecule has 0 aliphatic heterocycles. The van der Waals surface area contributed by atoms with Gasteiger partial charge in [-0.1, -0.05) is 36.4 Å². The van der Waals surface area contributed by atoms with Gasteiger partial charge < -0.3 is 26.8 Å². The minimum Gasteiger partial charge on any atom is -0.366 e. The highest BCUT2D eigenvalue weighted by atomic mass is 19.4. The molecule has 12 nitrogen and oxygen atoms in total. The summed E-state index contributed by atoms with van der Waals surface area (Å²) in [6.45, 7) is 1.76. The average Bonchev–Trinajstić information content (AvgIpc) is 2.92. The molecular weight excluding hydrogens is 547 g/mol. The highest BCUT2D eigenvalue weighted by Crippen LogP contribution is 2.21. The van der Waals surface area contributed by atoms with E-state index < -0.39 is 58.5 Å². The molecule has 0 fully saturated rings. The number of benzene rings is 2. The first-order valence-corrected chi connectivity index (χ1v) is 11.8. The molecule has 0 bridgehead atoms. The van der Waals surface area contributed by atoms with Gasteiger partial charge in [-0.05, 0) is 35.7 Å². The number of aliphatic imine (C=N–C) groups is 1. The number of primary amides is 1. The number of rotatable bonds is 10. The zero-order chi connectivity index (χ0) is 30.3. The first-order chi connectivity index (χ1) is 19.3. The summed E-state index contributed by atoms with van der Waals surface area (Å²) in [6.07, 6.45) is -2.68. The van der Waals surface area contributed by atoms with E-state index in [0.717, 1.165) is 11.8 Å². The smallest absolute Gasteiger partial charge is 0.366 e. The standard InChI is InChI=1S/C26H24F3N7O5/c1-13(33-22(38)20-19(23(39)36-25(41)35-20)34-24(40)26(27,28)29)15-5-3-6-16(9-15)18(10-30)12-32-11-14-4-2-7-17(8-14)21(31)37/h2-10,12-13,18,30H,11H2,1H3,(H2,31,37)(H,33,38)(H,34,40)(H2,35,36,39,41). The number of nitrogens with zero attached hydrogens (tertiary/aromatic N) is 1. The van der Waals surface area contributed by atoms with Crippen molar-refractivity contribution in [3.63, 3.8) is 0 Å². The third-order valence-electron chi connectivity index (χ3n) is 5.74. The number of hydrogen-bond donors (Lipinski definition) is 6. The lowest BCUT2D eigenvalue weighted by molar-refractivity contribution is -0.167. The summed E-state index contributed by atoms with van der Waals surface area (Å²) in [6, 6.07) is 12.5. The molecule has 1 heterocycles. The lowest BCUT2D eigenvalue weighted by atomic mass is 9.97. The van der Waals surface area contributed by atoms with E-state index in [1.807, 2.05) is 4.98 Å². The summed E-state index contributed by atoms with van der Waals surface area (Å²) in [4.78, 5) is 67.3. The number of carbonyl (C=O) groups excluding carboxylic acids is 3. The van der Waals surface area contributed by atoms with E-state index in [-0.39, 0.29) is 6.54 Å². The highest BCUT2D eigenvalue weighted by Gasteiger charge is 2.40. The topological polar surface area (TPSA) is 203 Å². The zero-order valence-electron chi connectivity index (χ0n) is 21.3. The molecule has 2 unspecified atom stereocenters. The third kappa shape index (κ3) is 7.84. The molecule has 0 aliphatic rings. The van der Waals surface area contributed by atoms with Crippen LogP contribution in [0.2, 0.25) is 0 Å². The van der Waals surface area contributed by atoms with Gasteiger partial charge in [0.25, 0.3) is 11.5 Å². The minimum atomic E-state index is -5.35. The summed E-state index contributed by atoms with van der Waals surface area (Å²) in [7, 11) is 0. The molecule has 2 atom stereocenters. The Kier molecular flexibility index (Phi) is 9.34. The molecule has 7 N–H and O–H groups in total. The predicted octanol–water partition coefficient (Wildman–Crippen LogP) is 2.16. The van der Waals surface area contributed by atoms with E-state index in [2.05, 4.69) is 10.3 Å². The number of halogens is 3. The van der Waals surface area contributed by atoms with Crippen LogP contribution in [0.15, 0.2) is 63.1 Å². The molecule has 0 radical (unpaired) electrons. The lowest BCUT2D eigenvalue weighted by Crippen LogP contribution is -2.38. The maximum atomic E-state index is 12.8. The number of nitrogens with two attached hydrogens (primary N) is 1. The number of alkyl halides is 3. The van der Waals surface area contributed by atoms with Crippen LogP contribution in [0, 0.1) is 5.41 Å². The summed E-state index contributed by atoms with van der Waals surface area (Å²) >= 11 is 0. The Hall–Kier alpha value is -5.34. The van der Waals surface area contributed by atoms with Crippen molar-refractivity contribution in [2.75, 3.05) is 5.32 Å². The summed E-state index contributed by atoms with van der Waals surface area (Å²) < 4.78 is 38.1. The fourth-order valence-electron chi connectivity index (χ4n) is 3.67. The molecule has 214 valence electrons. The molecule has 0 saturated carbocycles. The second-order valence-corrected chi connectivity index (χ2v) is 8.72. The van der Waals surface area contributed by atoms with Crippen LogP contribution in [0.1, 0.15) is 56.4 Å². The van der Waals surface area contributed by atoms with E-state index in [1.54, 1.807) is 53.5 Å². The Labute approximate surface area is 229 Å². The molecule has 15 heteroatoms. The number of aromatic amines is 2. The molecule has 1 aromatic heterocycles. The summed E-state index contributed by atoms with van der Waals surface area (Å²) in [5.41, 5.74) is 2.97. The van der Waals surface area contributed by atoms with Crippen molar-refractivity contribution in [3.05, 3.63) is 97.3 Å². The van der Waals surface area contributed by atoms with E-state index in [9.17, 15) is 37.1 Å². The van der Waals surface area contributed by atoms with Crippen molar-refractivity contribution >= 4 is 35.8 Å². The monoisotopic (exact) mass is 571 g/mol. The van der Waals surface area contributed by atoms with Gasteiger partial charge in [-0.15, -0.1) is 0 Å². The molecule has 3 aromatic rings.